The number of nitrogens with zero attached hydrogens (tertiary/aromatic N) is 2. The van der Waals surface area contributed by atoms with E-state index in [1.807, 2.05) is 13.8 Å². The Kier molecular flexibility index (Phi) is 4.86. The summed E-state index contributed by atoms with van der Waals surface area (Å²) in [5.41, 5.74) is -0.0436. The monoisotopic (exact) mass is 283 g/mol. The summed E-state index contributed by atoms with van der Waals surface area (Å²) < 4.78 is 1.70. The van der Waals surface area contributed by atoms with Crippen molar-refractivity contribution in [1.82, 2.24) is 9.55 Å². The third-order valence-electron chi connectivity index (χ3n) is 3.97. The van der Waals surface area contributed by atoms with Crippen LogP contribution in [0.5, 0.6) is 0 Å². The van der Waals surface area contributed by atoms with Crippen molar-refractivity contribution in [1.29, 1.82) is 0 Å². The fourth-order valence-electron chi connectivity index (χ4n) is 2.77. The molecule has 0 spiro atoms. The van der Waals surface area contributed by atoms with Gasteiger partial charge in [0.05, 0.1) is 0 Å². The fraction of sp³-hybridized carbons (Fsp3) is 0.714. The second-order valence-electron chi connectivity index (χ2n) is 5.57. The second kappa shape index (κ2) is 6.42. The minimum atomic E-state index is -0.0436. The highest BCUT2D eigenvalue weighted by atomic mass is 35.5. The molecular weight excluding hydrogens is 262 g/mol. The van der Waals surface area contributed by atoms with Crippen LogP contribution in [0.15, 0.2) is 17.2 Å². The summed E-state index contributed by atoms with van der Waals surface area (Å²) in [7, 11) is 0. The highest BCUT2D eigenvalue weighted by molar-refractivity contribution is 6.18. The molecule has 0 aromatic carbocycles. The highest BCUT2D eigenvalue weighted by Gasteiger charge is 2.26. The van der Waals surface area contributed by atoms with E-state index in [-0.39, 0.29) is 11.6 Å². The molecule has 2 rings (SSSR count). The molecule has 1 aliphatic carbocycles. The molecule has 2 atom stereocenters. The molecule has 19 heavy (non-hydrogen) atoms. The second-order valence-corrected chi connectivity index (χ2v) is 5.88. The van der Waals surface area contributed by atoms with Gasteiger partial charge in [0.1, 0.15) is 0 Å². The maximum Gasteiger partial charge on any atom is 0.293 e. The first-order chi connectivity index (χ1) is 9.13. The van der Waals surface area contributed by atoms with Crippen LogP contribution < -0.4 is 10.9 Å². The zero-order valence-electron chi connectivity index (χ0n) is 11.6. The van der Waals surface area contributed by atoms with E-state index in [4.69, 9.17) is 11.6 Å². The highest BCUT2D eigenvalue weighted by Crippen LogP contribution is 2.32. The number of anilines is 1. The van der Waals surface area contributed by atoms with Crippen LogP contribution in [-0.4, -0.2) is 22.0 Å². The van der Waals surface area contributed by atoms with Crippen molar-refractivity contribution in [2.45, 2.75) is 39.2 Å². The SMILES string of the molecule is CC(C)n1ccnc(NCC2CCCC2CCl)c1=O. The molecule has 1 fully saturated rings. The molecule has 1 aliphatic rings. The minimum absolute atomic E-state index is 0.0436. The lowest BCUT2D eigenvalue weighted by Crippen LogP contribution is -2.28. The largest absolute Gasteiger partial charge is 0.365 e. The molecule has 0 bridgehead atoms. The lowest BCUT2D eigenvalue weighted by molar-refractivity contribution is 0.443. The fourth-order valence-corrected chi connectivity index (χ4v) is 3.17. The average Bonchev–Trinajstić information content (AvgIpc) is 2.84. The lowest BCUT2D eigenvalue weighted by Gasteiger charge is -2.18. The van der Waals surface area contributed by atoms with Gasteiger partial charge in [-0.15, -0.1) is 11.6 Å². The van der Waals surface area contributed by atoms with E-state index in [2.05, 4.69) is 10.3 Å². The summed E-state index contributed by atoms with van der Waals surface area (Å²) in [5, 5.41) is 3.21. The molecule has 0 aliphatic heterocycles. The van der Waals surface area contributed by atoms with Crippen LogP contribution in [0, 0.1) is 11.8 Å². The number of alkyl halides is 1. The minimum Gasteiger partial charge on any atom is -0.365 e. The predicted octanol–water partition coefficient (Wildman–Crippen LogP) is 2.89. The third kappa shape index (κ3) is 3.30. The van der Waals surface area contributed by atoms with Gasteiger partial charge in [-0.1, -0.05) is 6.42 Å². The van der Waals surface area contributed by atoms with E-state index in [0.29, 0.717) is 23.5 Å². The number of nitrogens with one attached hydrogen (secondary N) is 1. The summed E-state index contributed by atoms with van der Waals surface area (Å²) >= 11 is 5.97. The van der Waals surface area contributed by atoms with Gasteiger partial charge in [-0.3, -0.25) is 4.79 Å². The maximum absolute atomic E-state index is 12.2. The zero-order valence-corrected chi connectivity index (χ0v) is 12.4. The summed E-state index contributed by atoms with van der Waals surface area (Å²) in [5.74, 6) is 2.30. The molecule has 106 valence electrons. The molecule has 1 saturated carbocycles. The van der Waals surface area contributed by atoms with Crippen LogP contribution in [-0.2, 0) is 0 Å². The van der Waals surface area contributed by atoms with E-state index in [9.17, 15) is 4.79 Å². The van der Waals surface area contributed by atoms with Gasteiger partial charge in [-0.05, 0) is 38.5 Å². The van der Waals surface area contributed by atoms with Crippen LogP contribution in [0.25, 0.3) is 0 Å². The number of hydrogen-bond donors (Lipinski definition) is 1. The molecule has 2 unspecified atom stereocenters. The van der Waals surface area contributed by atoms with Crippen LogP contribution in [0.2, 0.25) is 0 Å². The Labute approximate surface area is 119 Å². The zero-order chi connectivity index (χ0) is 13.8. The van der Waals surface area contributed by atoms with Gasteiger partial charge < -0.3 is 9.88 Å². The number of rotatable bonds is 5. The molecule has 1 aromatic heterocycles. The molecule has 0 amide bonds. The summed E-state index contributed by atoms with van der Waals surface area (Å²) in [6, 6.07) is 0.151. The topological polar surface area (TPSA) is 46.9 Å². The van der Waals surface area contributed by atoms with Crippen molar-refractivity contribution in [2.24, 2.45) is 11.8 Å². The summed E-state index contributed by atoms with van der Waals surface area (Å²) in [4.78, 5) is 16.3. The van der Waals surface area contributed by atoms with Gasteiger partial charge in [-0.2, -0.15) is 0 Å². The van der Waals surface area contributed by atoms with Gasteiger partial charge in [0.2, 0.25) is 0 Å². The number of hydrogen-bond acceptors (Lipinski definition) is 3. The summed E-state index contributed by atoms with van der Waals surface area (Å²) in [6.45, 7) is 4.78. The van der Waals surface area contributed by atoms with E-state index < -0.39 is 0 Å². The van der Waals surface area contributed by atoms with Crippen molar-refractivity contribution in [3.8, 4) is 0 Å². The Morgan fingerprint density at radius 2 is 2.21 bits per heavy atom. The lowest BCUT2D eigenvalue weighted by atomic mass is 9.98. The van der Waals surface area contributed by atoms with Crippen LogP contribution in [0.3, 0.4) is 0 Å². The quantitative estimate of drug-likeness (QED) is 0.845. The molecule has 0 radical (unpaired) electrons. The van der Waals surface area contributed by atoms with Crippen molar-refractivity contribution < 1.29 is 0 Å². The standard InChI is InChI=1S/C14H22ClN3O/c1-10(2)18-7-6-16-13(14(18)19)17-9-12-5-3-4-11(12)8-15/h6-7,10-12H,3-5,8-9H2,1-2H3,(H,16,17). The molecule has 4 nitrogen and oxygen atoms in total. The Morgan fingerprint density at radius 1 is 1.47 bits per heavy atom. The normalized spacial score (nSPS) is 22.9. The molecular formula is C14H22ClN3O. The van der Waals surface area contributed by atoms with Crippen LogP contribution in [0.1, 0.15) is 39.2 Å². The van der Waals surface area contributed by atoms with Gasteiger partial charge in [0.25, 0.3) is 5.56 Å². The first-order valence-electron chi connectivity index (χ1n) is 7.00. The van der Waals surface area contributed by atoms with E-state index >= 15 is 0 Å². The molecule has 1 aromatic rings. The van der Waals surface area contributed by atoms with Crippen LogP contribution in [0.4, 0.5) is 5.82 Å². The molecule has 5 heteroatoms. The Hall–Kier alpha value is -1.03. The van der Waals surface area contributed by atoms with E-state index in [1.54, 1.807) is 17.0 Å². The maximum atomic E-state index is 12.2. The Morgan fingerprint density at radius 3 is 2.89 bits per heavy atom. The smallest absolute Gasteiger partial charge is 0.293 e. The van der Waals surface area contributed by atoms with Crippen molar-refractivity contribution in [3.63, 3.8) is 0 Å². The number of aromatic nitrogens is 2. The van der Waals surface area contributed by atoms with Gasteiger partial charge in [0, 0.05) is 30.9 Å². The third-order valence-corrected chi connectivity index (χ3v) is 4.37. The molecule has 1 heterocycles. The van der Waals surface area contributed by atoms with Gasteiger partial charge in [-0.25, -0.2) is 4.98 Å². The van der Waals surface area contributed by atoms with Crippen molar-refractivity contribution in [3.05, 3.63) is 22.7 Å². The van der Waals surface area contributed by atoms with Crippen molar-refractivity contribution in [2.75, 3.05) is 17.7 Å². The Balaban J connectivity index is 2.04. The van der Waals surface area contributed by atoms with Crippen LogP contribution >= 0.6 is 11.6 Å². The Bertz CT molecular complexity index is 472. The number of halogens is 1. The van der Waals surface area contributed by atoms with E-state index in [0.717, 1.165) is 6.54 Å². The molecule has 0 saturated heterocycles. The van der Waals surface area contributed by atoms with E-state index in [1.165, 1.54) is 19.3 Å². The average molecular weight is 284 g/mol. The first-order valence-corrected chi connectivity index (χ1v) is 7.54. The molecule has 1 N–H and O–H groups in total. The van der Waals surface area contributed by atoms with Crippen molar-refractivity contribution >= 4 is 17.4 Å². The summed E-state index contributed by atoms with van der Waals surface area (Å²) in [6.07, 6.45) is 7.04. The predicted molar refractivity (Wildman–Crippen MR) is 78.9 cm³/mol. The first kappa shape index (κ1) is 14.4. The van der Waals surface area contributed by atoms with Gasteiger partial charge in [0.15, 0.2) is 5.82 Å². The van der Waals surface area contributed by atoms with Gasteiger partial charge >= 0.3 is 0 Å².